The predicted molar refractivity (Wildman–Crippen MR) is 156 cm³/mol. The van der Waals surface area contributed by atoms with Crippen LogP contribution in [0, 0.1) is 0 Å². The van der Waals surface area contributed by atoms with Crippen LogP contribution in [0.5, 0.6) is 17.2 Å². The van der Waals surface area contributed by atoms with Crippen LogP contribution in [0.15, 0.2) is 59.1 Å². The highest BCUT2D eigenvalue weighted by atomic mass is 79.9. The number of hydrogen-bond donors (Lipinski definition) is 1. The number of ketones is 1. The molecule has 3 aromatic rings. The molecule has 0 radical (unpaired) electrons. The largest absolute Gasteiger partial charge is 0.496 e. The quantitative estimate of drug-likeness (QED) is 0.139. The number of ether oxygens (including phenoxy) is 3. The smallest absolute Gasteiger partial charge is 0.162 e. The first kappa shape index (κ1) is 28.0. The van der Waals surface area contributed by atoms with Gasteiger partial charge in [0.25, 0.3) is 0 Å². The second kappa shape index (κ2) is 13.7. The number of benzene rings is 3. The SMILES string of the molecule is COc1cc(N)c(Br)cc1COc1ccc(-c2ccc(C(=O)CCCCN3CCCCC3)cc2)c(OC)c1. The lowest BCUT2D eigenvalue weighted by Crippen LogP contribution is -2.30. The predicted octanol–water partition coefficient (Wildman–Crippen LogP) is 7.13. The minimum absolute atomic E-state index is 0.204. The number of likely N-dealkylation sites (tertiary alicyclic amines) is 1. The molecule has 0 unspecified atom stereocenters. The van der Waals surface area contributed by atoms with Gasteiger partial charge in [-0.05, 0) is 85.0 Å². The zero-order chi connectivity index (χ0) is 26.9. The number of piperidine rings is 1. The van der Waals surface area contributed by atoms with Gasteiger partial charge < -0.3 is 24.8 Å². The van der Waals surface area contributed by atoms with Crippen LogP contribution < -0.4 is 19.9 Å². The van der Waals surface area contributed by atoms with Gasteiger partial charge in [-0.1, -0.05) is 30.7 Å². The molecule has 2 N–H and O–H groups in total. The van der Waals surface area contributed by atoms with E-state index in [2.05, 4.69) is 20.8 Å². The first-order chi connectivity index (χ1) is 18.5. The van der Waals surface area contributed by atoms with E-state index >= 15 is 0 Å². The summed E-state index contributed by atoms with van der Waals surface area (Å²) in [6.07, 6.45) is 6.58. The van der Waals surface area contributed by atoms with E-state index < -0.39 is 0 Å². The van der Waals surface area contributed by atoms with Crippen LogP contribution in [0.2, 0.25) is 0 Å². The molecule has 0 bridgehead atoms. The Balaban J connectivity index is 1.35. The fourth-order valence-electron chi connectivity index (χ4n) is 4.86. The average molecular weight is 582 g/mol. The molecule has 202 valence electrons. The monoisotopic (exact) mass is 580 g/mol. The number of carbonyl (C=O) groups is 1. The van der Waals surface area contributed by atoms with E-state index in [0.717, 1.165) is 46.1 Å². The molecule has 1 saturated heterocycles. The van der Waals surface area contributed by atoms with Crippen LogP contribution in [0.1, 0.15) is 54.4 Å². The Morgan fingerprint density at radius 3 is 2.37 bits per heavy atom. The minimum atomic E-state index is 0.204. The van der Waals surface area contributed by atoms with Crippen LogP contribution in [0.25, 0.3) is 11.1 Å². The summed E-state index contributed by atoms with van der Waals surface area (Å²) in [6.45, 7) is 3.85. The first-order valence-corrected chi connectivity index (χ1v) is 14.1. The number of rotatable bonds is 12. The third kappa shape index (κ3) is 7.29. The van der Waals surface area contributed by atoms with Crippen molar-refractivity contribution in [2.24, 2.45) is 0 Å². The second-order valence-corrected chi connectivity index (χ2v) is 10.6. The molecule has 0 saturated carbocycles. The lowest BCUT2D eigenvalue weighted by atomic mass is 9.99. The fourth-order valence-corrected chi connectivity index (χ4v) is 5.25. The third-order valence-corrected chi connectivity index (χ3v) is 7.75. The Bertz CT molecular complexity index is 1220. The molecule has 38 heavy (non-hydrogen) atoms. The van der Waals surface area contributed by atoms with Gasteiger partial charge in [-0.25, -0.2) is 0 Å². The first-order valence-electron chi connectivity index (χ1n) is 13.3. The van der Waals surface area contributed by atoms with Gasteiger partial charge in [0.15, 0.2) is 5.78 Å². The summed E-state index contributed by atoms with van der Waals surface area (Å²) in [4.78, 5) is 15.2. The van der Waals surface area contributed by atoms with Gasteiger partial charge in [-0.2, -0.15) is 0 Å². The Morgan fingerprint density at radius 1 is 0.921 bits per heavy atom. The molecule has 1 aliphatic rings. The van der Waals surface area contributed by atoms with E-state index in [0.29, 0.717) is 36.0 Å². The van der Waals surface area contributed by atoms with E-state index in [1.165, 1.54) is 32.4 Å². The number of carbonyl (C=O) groups excluding carboxylic acids is 1. The zero-order valence-electron chi connectivity index (χ0n) is 22.3. The zero-order valence-corrected chi connectivity index (χ0v) is 23.9. The van der Waals surface area contributed by atoms with E-state index in [-0.39, 0.29) is 5.78 Å². The molecule has 0 amide bonds. The lowest BCUT2D eigenvalue weighted by Gasteiger charge is -2.26. The van der Waals surface area contributed by atoms with Crippen molar-refractivity contribution in [1.82, 2.24) is 4.90 Å². The van der Waals surface area contributed by atoms with E-state index in [1.807, 2.05) is 48.5 Å². The Morgan fingerprint density at radius 2 is 1.66 bits per heavy atom. The molecule has 0 aromatic heterocycles. The van der Waals surface area contributed by atoms with Crippen molar-refractivity contribution in [2.45, 2.75) is 45.1 Å². The van der Waals surface area contributed by atoms with Crippen molar-refractivity contribution in [3.63, 3.8) is 0 Å². The van der Waals surface area contributed by atoms with Gasteiger partial charge in [-0.15, -0.1) is 0 Å². The number of unbranched alkanes of at least 4 members (excludes halogenated alkanes) is 1. The van der Waals surface area contributed by atoms with Crippen molar-refractivity contribution < 1.29 is 19.0 Å². The molecular weight excluding hydrogens is 544 g/mol. The minimum Gasteiger partial charge on any atom is -0.496 e. The molecule has 7 heteroatoms. The fraction of sp³-hybridized carbons (Fsp3) is 0.387. The number of halogens is 1. The molecule has 0 aliphatic carbocycles. The highest BCUT2D eigenvalue weighted by Crippen LogP contribution is 2.35. The summed E-state index contributed by atoms with van der Waals surface area (Å²) in [7, 11) is 3.25. The molecule has 1 fully saturated rings. The van der Waals surface area contributed by atoms with Crippen molar-refractivity contribution in [3.05, 3.63) is 70.2 Å². The van der Waals surface area contributed by atoms with E-state index in [9.17, 15) is 4.79 Å². The number of nitrogens with two attached hydrogens (primary N) is 1. The number of Topliss-reactive ketones (excluding diaryl/α,β-unsaturated/α-hetero) is 1. The van der Waals surface area contributed by atoms with Crippen molar-refractivity contribution in [3.8, 4) is 28.4 Å². The second-order valence-electron chi connectivity index (χ2n) is 9.70. The van der Waals surface area contributed by atoms with Gasteiger partial charge in [0, 0.05) is 45.4 Å². The highest BCUT2D eigenvalue weighted by molar-refractivity contribution is 9.10. The normalized spacial score (nSPS) is 13.8. The molecule has 1 heterocycles. The number of nitrogen functional groups attached to an aromatic ring is 1. The van der Waals surface area contributed by atoms with Crippen LogP contribution in [-0.2, 0) is 6.61 Å². The molecule has 6 nitrogen and oxygen atoms in total. The summed E-state index contributed by atoms with van der Waals surface area (Å²) >= 11 is 3.46. The van der Waals surface area contributed by atoms with Crippen molar-refractivity contribution >= 4 is 27.4 Å². The van der Waals surface area contributed by atoms with Crippen LogP contribution >= 0.6 is 15.9 Å². The van der Waals surface area contributed by atoms with E-state index in [1.54, 1.807) is 20.3 Å². The molecule has 3 aromatic carbocycles. The van der Waals surface area contributed by atoms with E-state index in [4.69, 9.17) is 19.9 Å². The lowest BCUT2D eigenvalue weighted by molar-refractivity contribution is 0.0977. The molecule has 1 aliphatic heterocycles. The number of hydrogen-bond acceptors (Lipinski definition) is 6. The molecule has 0 spiro atoms. The summed E-state index contributed by atoms with van der Waals surface area (Å²) in [5.74, 6) is 2.25. The molecule has 0 atom stereocenters. The van der Waals surface area contributed by atoms with Crippen LogP contribution in [-0.4, -0.2) is 44.5 Å². The van der Waals surface area contributed by atoms with Crippen LogP contribution in [0.4, 0.5) is 5.69 Å². The van der Waals surface area contributed by atoms with Gasteiger partial charge in [0.05, 0.1) is 14.2 Å². The Kier molecular flexibility index (Phi) is 10.1. The van der Waals surface area contributed by atoms with Crippen molar-refractivity contribution in [1.29, 1.82) is 0 Å². The number of nitrogens with zero attached hydrogens (tertiary/aromatic N) is 1. The topological polar surface area (TPSA) is 74.0 Å². The highest BCUT2D eigenvalue weighted by Gasteiger charge is 2.13. The summed E-state index contributed by atoms with van der Waals surface area (Å²) in [6, 6.07) is 17.2. The van der Waals surface area contributed by atoms with Gasteiger partial charge >= 0.3 is 0 Å². The molecule has 4 rings (SSSR count). The number of anilines is 1. The standard InChI is InChI=1S/C31H37BrN2O4/c1-36-30-20-28(33)27(32)18-24(30)21-38-25-13-14-26(31(19-25)37-2)22-9-11-23(12-10-22)29(35)8-4-7-17-34-15-5-3-6-16-34/h9-14,18-20H,3-8,15-17,21,33H2,1-2H3. The Labute approximate surface area is 234 Å². The van der Waals surface area contributed by atoms with Crippen molar-refractivity contribution in [2.75, 3.05) is 39.6 Å². The maximum atomic E-state index is 12.7. The Hall–Kier alpha value is -3.03. The summed E-state index contributed by atoms with van der Waals surface area (Å²) < 4.78 is 17.9. The maximum absolute atomic E-state index is 12.7. The summed E-state index contributed by atoms with van der Waals surface area (Å²) in [5, 5.41) is 0. The van der Waals surface area contributed by atoms with Gasteiger partial charge in [-0.3, -0.25) is 4.79 Å². The van der Waals surface area contributed by atoms with Crippen LogP contribution in [0.3, 0.4) is 0 Å². The number of methoxy groups -OCH3 is 2. The van der Waals surface area contributed by atoms with Gasteiger partial charge in [0.1, 0.15) is 23.9 Å². The average Bonchev–Trinajstić information content (AvgIpc) is 2.96. The summed E-state index contributed by atoms with van der Waals surface area (Å²) in [5.41, 5.74) is 10.1. The molecular formula is C31H37BrN2O4. The maximum Gasteiger partial charge on any atom is 0.162 e. The third-order valence-electron chi connectivity index (χ3n) is 7.06. The van der Waals surface area contributed by atoms with Gasteiger partial charge in [0.2, 0.25) is 0 Å².